The number of nitrogens with zero attached hydrogens (tertiary/aromatic N) is 3. The van der Waals surface area contributed by atoms with Gasteiger partial charge in [-0.3, -0.25) is 0 Å². The second-order valence-electron chi connectivity index (χ2n) is 4.61. The zero-order valence-corrected chi connectivity index (χ0v) is 14.0. The zero-order valence-electron chi connectivity index (χ0n) is 10.8. The molecular weight excluding hydrogens is 368 g/mol. The number of aromatic nitrogens is 2. The van der Waals surface area contributed by atoms with Gasteiger partial charge in [-0.05, 0) is 40.5 Å². The molecule has 1 fully saturated rings. The molecule has 0 bridgehead atoms. The minimum Gasteiger partial charge on any atom is -0.369 e. The van der Waals surface area contributed by atoms with Crippen molar-refractivity contribution in [3.63, 3.8) is 0 Å². The lowest BCUT2D eigenvalue weighted by Crippen LogP contribution is -2.41. The number of sulfone groups is 1. The van der Waals surface area contributed by atoms with E-state index in [2.05, 4.69) is 36.1 Å². The molecule has 0 spiro atoms. The van der Waals surface area contributed by atoms with Crippen LogP contribution in [-0.4, -0.2) is 61.0 Å². The van der Waals surface area contributed by atoms with E-state index < -0.39 is 9.84 Å². The number of rotatable bonds is 5. The highest BCUT2D eigenvalue weighted by Crippen LogP contribution is 2.19. The first-order valence-corrected chi connectivity index (χ1v) is 9.30. The Morgan fingerprint density at radius 3 is 2.80 bits per heavy atom. The monoisotopic (exact) mass is 382 g/mol. The predicted octanol–water partition coefficient (Wildman–Crippen LogP) is 1.42. The van der Waals surface area contributed by atoms with Gasteiger partial charge in [-0.1, -0.05) is 0 Å². The third kappa shape index (κ3) is 4.83. The van der Waals surface area contributed by atoms with E-state index in [0.717, 1.165) is 24.0 Å². The zero-order chi connectivity index (χ0) is 14.6. The van der Waals surface area contributed by atoms with Crippen LogP contribution in [0.5, 0.6) is 0 Å². The van der Waals surface area contributed by atoms with E-state index in [4.69, 9.17) is 11.6 Å². The van der Waals surface area contributed by atoms with Crippen molar-refractivity contribution >= 4 is 43.2 Å². The fraction of sp³-hybridized carbons (Fsp3) is 0.636. The summed E-state index contributed by atoms with van der Waals surface area (Å²) in [5.74, 6) is 1.22. The highest BCUT2D eigenvalue weighted by molar-refractivity contribution is 9.10. The molecule has 0 aromatic carbocycles. The Balaban J connectivity index is 1.70. The molecule has 2 heterocycles. The molecule has 9 heteroatoms. The molecule has 1 aromatic rings. The van der Waals surface area contributed by atoms with Crippen molar-refractivity contribution < 1.29 is 8.42 Å². The molecule has 1 aliphatic rings. The molecule has 1 N–H and O–H groups in total. The molecule has 0 unspecified atom stereocenters. The molecule has 20 heavy (non-hydrogen) atoms. The van der Waals surface area contributed by atoms with Crippen LogP contribution in [0.2, 0.25) is 5.28 Å². The van der Waals surface area contributed by atoms with Crippen molar-refractivity contribution in [1.29, 1.82) is 0 Å². The average molecular weight is 384 g/mol. The van der Waals surface area contributed by atoms with Crippen LogP contribution < -0.4 is 5.32 Å². The summed E-state index contributed by atoms with van der Waals surface area (Å²) in [6, 6.07) is 0. The second kappa shape index (κ2) is 7.02. The number of hydrogen-bond donors (Lipinski definition) is 1. The standard InChI is InChI=1S/C11H16BrClN4O2S/c12-9-8-15-11(13)16-10(9)14-2-1-3-17-4-6-20(18,19)7-5-17/h8H,1-7H2,(H,14,15,16). The van der Waals surface area contributed by atoms with Crippen molar-refractivity contribution in [2.45, 2.75) is 6.42 Å². The predicted molar refractivity (Wildman–Crippen MR) is 82.9 cm³/mol. The first-order valence-electron chi connectivity index (χ1n) is 6.31. The smallest absolute Gasteiger partial charge is 0.224 e. The summed E-state index contributed by atoms with van der Waals surface area (Å²) in [6.45, 7) is 2.88. The van der Waals surface area contributed by atoms with Crippen LogP contribution in [0.25, 0.3) is 0 Å². The fourth-order valence-corrected chi connectivity index (χ4v) is 3.69. The fourth-order valence-electron chi connectivity index (χ4n) is 1.95. The minimum atomic E-state index is -2.79. The molecule has 1 saturated heterocycles. The van der Waals surface area contributed by atoms with Crippen LogP contribution in [0.15, 0.2) is 10.7 Å². The number of nitrogens with one attached hydrogen (secondary N) is 1. The Hall–Kier alpha value is -0.440. The molecular formula is C11H16BrClN4O2S. The quantitative estimate of drug-likeness (QED) is 0.612. The molecule has 0 atom stereocenters. The van der Waals surface area contributed by atoms with Crippen molar-refractivity contribution in [1.82, 2.24) is 14.9 Å². The summed E-state index contributed by atoms with van der Waals surface area (Å²) in [7, 11) is -2.79. The Bertz CT molecular complexity index is 556. The Morgan fingerprint density at radius 1 is 1.40 bits per heavy atom. The average Bonchev–Trinajstić information content (AvgIpc) is 2.40. The summed E-state index contributed by atoms with van der Waals surface area (Å²) < 4.78 is 23.4. The van der Waals surface area contributed by atoms with Gasteiger partial charge in [0.15, 0.2) is 9.84 Å². The van der Waals surface area contributed by atoms with Gasteiger partial charge < -0.3 is 10.2 Å². The molecule has 0 saturated carbocycles. The maximum atomic E-state index is 11.3. The maximum Gasteiger partial charge on any atom is 0.224 e. The van der Waals surface area contributed by atoms with Crippen LogP contribution in [0, 0.1) is 0 Å². The van der Waals surface area contributed by atoms with Crippen LogP contribution in [-0.2, 0) is 9.84 Å². The molecule has 0 aliphatic carbocycles. The Morgan fingerprint density at radius 2 is 2.10 bits per heavy atom. The Labute approximate surface area is 132 Å². The Kier molecular flexibility index (Phi) is 5.59. The number of hydrogen-bond acceptors (Lipinski definition) is 6. The molecule has 6 nitrogen and oxygen atoms in total. The highest BCUT2D eigenvalue weighted by atomic mass is 79.9. The van der Waals surface area contributed by atoms with Gasteiger partial charge in [0, 0.05) is 25.8 Å². The molecule has 1 aliphatic heterocycles. The summed E-state index contributed by atoms with van der Waals surface area (Å²) in [5, 5.41) is 3.39. The normalized spacial score (nSPS) is 18.9. The van der Waals surface area contributed by atoms with Gasteiger partial charge in [0.05, 0.1) is 16.0 Å². The lowest BCUT2D eigenvalue weighted by molar-refractivity contribution is 0.294. The third-order valence-electron chi connectivity index (χ3n) is 3.10. The first-order chi connectivity index (χ1) is 9.46. The van der Waals surface area contributed by atoms with Crippen LogP contribution >= 0.6 is 27.5 Å². The van der Waals surface area contributed by atoms with Gasteiger partial charge >= 0.3 is 0 Å². The van der Waals surface area contributed by atoms with Crippen LogP contribution in [0.4, 0.5) is 5.82 Å². The van der Waals surface area contributed by atoms with E-state index in [1.165, 1.54) is 0 Å². The van der Waals surface area contributed by atoms with Gasteiger partial charge in [0.25, 0.3) is 0 Å². The minimum absolute atomic E-state index is 0.205. The van der Waals surface area contributed by atoms with E-state index in [1.54, 1.807) is 6.20 Å². The molecule has 0 radical (unpaired) electrons. The summed E-state index contributed by atoms with van der Waals surface area (Å²) in [6.07, 6.45) is 2.52. The molecule has 112 valence electrons. The van der Waals surface area contributed by atoms with Crippen LogP contribution in [0.1, 0.15) is 6.42 Å². The van der Waals surface area contributed by atoms with E-state index in [-0.39, 0.29) is 16.8 Å². The summed E-state index contributed by atoms with van der Waals surface area (Å²) >= 11 is 9.08. The third-order valence-corrected chi connectivity index (χ3v) is 5.47. The molecule has 0 amide bonds. The van der Waals surface area contributed by atoms with Gasteiger partial charge in [-0.15, -0.1) is 0 Å². The number of anilines is 1. The van der Waals surface area contributed by atoms with E-state index >= 15 is 0 Å². The van der Waals surface area contributed by atoms with Crippen molar-refractivity contribution in [2.75, 3.05) is 43.0 Å². The SMILES string of the molecule is O=S1(=O)CCN(CCCNc2nc(Cl)ncc2Br)CC1. The molecule has 1 aromatic heterocycles. The van der Waals surface area contributed by atoms with E-state index in [9.17, 15) is 8.42 Å². The van der Waals surface area contributed by atoms with Gasteiger partial charge in [0.2, 0.25) is 5.28 Å². The number of halogens is 2. The first kappa shape index (κ1) is 15.9. The summed E-state index contributed by atoms with van der Waals surface area (Å²) in [4.78, 5) is 10.1. The lowest BCUT2D eigenvalue weighted by Gasteiger charge is -2.26. The largest absolute Gasteiger partial charge is 0.369 e. The topological polar surface area (TPSA) is 75.2 Å². The van der Waals surface area contributed by atoms with E-state index in [0.29, 0.717) is 18.9 Å². The van der Waals surface area contributed by atoms with Gasteiger partial charge in [-0.2, -0.15) is 4.98 Å². The van der Waals surface area contributed by atoms with Gasteiger partial charge in [-0.25, -0.2) is 13.4 Å². The van der Waals surface area contributed by atoms with Crippen molar-refractivity contribution in [2.24, 2.45) is 0 Å². The van der Waals surface area contributed by atoms with Gasteiger partial charge in [0.1, 0.15) is 5.82 Å². The summed E-state index contributed by atoms with van der Waals surface area (Å²) in [5.41, 5.74) is 0. The lowest BCUT2D eigenvalue weighted by atomic mass is 10.3. The van der Waals surface area contributed by atoms with Crippen LogP contribution in [0.3, 0.4) is 0 Å². The van der Waals surface area contributed by atoms with Crippen molar-refractivity contribution in [3.05, 3.63) is 16.0 Å². The van der Waals surface area contributed by atoms with E-state index in [1.807, 2.05) is 0 Å². The van der Waals surface area contributed by atoms with Crippen molar-refractivity contribution in [3.8, 4) is 0 Å². The highest BCUT2D eigenvalue weighted by Gasteiger charge is 2.20. The second-order valence-corrected chi connectivity index (χ2v) is 8.11. The molecule has 2 rings (SSSR count). The maximum absolute atomic E-state index is 11.3.